The molecule has 20 heavy (non-hydrogen) atoms. The molecule has 0 spiro atoms. The molecule has 0 aliphatic carbocycles. The highest BCUT2D eigenvalue weighted by Gasteiger charge is 2.32. The van der Waals surface area contributed by atoms with Crippen LogP contribution in [0.3, 0.4) is 0 Å². The van der Waals surface area contributed by atoms with Crippen LogP contribution in [0.15, 0.2) is 27.1 Å². The van der Waals surface area contributed by atoms with Crippen LogP contribution in [-0.4, -0.2) is 41.6 Å². The van der Waals surface area contributed by atoms with Gasteiger partial charge in [-0.3, -0.25) is 9.59 Å². The van der Waals surface area contributed by atoms with Crippen LogP contribution in [-0.2, 0) is 9.59 Å². The first-order valence-corrected chi connectivity index (χ1v) is 7.61. The molecule has 7 heteroatoms. The zero-order chi connectivity index (χ0) is 14.7. The van der Waals surface area contributed by atoms with Crippen LogP contribution in [0.1, 0.15) is 6.42 Å². The Labute approximate surface area is 133 Å². The SMILES string of the molecule is O=C(O)CC1CN(C(=O)COc2ccc(Br)cc2Br)C1. The Morgan fingerprint density at radius 2 is 2.05 bits per heavy atom. The lowest BCUT2D eigenvalue weighted by Crippen LogP contribution is -2.52. The van der Waals surface area contributed by atoms with Crippen molar-refractivity contribution in [2.75, 3.05) is 19.7 Å². The topological polar surface area (TPSA) is 66.8 Å². The summed E-state index contributed by atoms with van der Waals surface area (Å²) >= 11 is 6.69. The highest BCUT2D eigenvalue weighted by molar-refractivity contribution is 9.11. The van der Waals surface area contributed by atoms with Gasteiger partial charge in [-0.2, -0.15) is 0 Å². The Hall–Kier alpha value is -1.08. The standard InChI is InChI=1S/C13H13Br2NO4/c14-9-1-2-11(10(15)4-9)20-7-12(17)16-5-8(6-16)3-13(18)19/h1-2,4,8H,3,5-7H2,(H,18,19). The maximum atomic E-state index is 11.8. The van der Waals surface area contributed by atoms with Crippen LogP contribution < -0.4 is 4.74 Å². The number of carboxylic acids is 1. The Balaban J connectivity index is 1.78. The number of halogens is 2. The van der Waals surface area contributed by atoms with Crippen molar-refractivity contribution in [2.24, 2.45) is 5.92 Å². The van der Waals surface area contributed by atoms with Gasteiger partial charge in [0, 0.05) is 23.5 Å². The number of likely N-dealkylation sites (tertiary alicyclic amines) is 1. The Bertz CT molecular complexity index is 529. The Morgan fingerprint density at radius 3 is 2.65 bits per heavy atom. The van der Waals surface area contributed by atoms with Crippen molar-refractivity contribution >= 4 is 43.7 Å². The number of benzene rings is 1. The van der Waals surface area contributed by atoms with Gasteiger partial charge in [-0.15, -0.1) is 0 Å². The molecular weight excluding hydrogens is 394 g/mol. The normalized spacial score (nSPS) is 14.8. The van der Waals surface area contributed by atoms with Crippen LogP contribution in [0.2, 0.25) is 0 Å². The van der Waals surface area contributed by atoms with Gasteiger partial charge in [-0.25, -0.2) is 0 Å². The van der Waals surface area contributed by atoms with E-state index in [4.69, 9.17) is 9.84 Å². The molecule has 1 saturated heterocycles. The van der Waals surface area contributed by atoms with Crippen molar-refractivity contribution < 1.29 is 19.4 Å². The Kier molecular flexibility index (Phi) is 5.04. The number of ether oxygens (including phenoxy) is 1. The summed E-state index contributed by atoms with van der Waals surface area (Å²) in [5, 5.41) is 8.64. The molecule has 0 bridgehead atoms. The van der Waals surface area contributed by atoms with E-state index in [-0.39, 0.29) is 24.9 Å². The van der Waals surface area contributed by atoms with E-state index in [1.54, 1.807) is 11.0 Å². The molecule has 1 N–H and O–H groups in total. The van der Waals surface area contributed by atoms with E-state index in [2.05, 4.69) is 31.9 Å². The molecule has 108 valence electrons. The van der Waals surface area contributed by atoms with Gasteiger partial charge < -0.3 is 14.7 Å². The second kappa shape index (κ2) is 6.58. The fourth-order valence-electron chi connectivity index (χ4n) is 1.97. The van der Waals surface area contributed by atoms with Gasteiger partial charge >= 0.3 is 5.97 Å². The summed E-state index contributed by atoms with van der Waals surface area (Å²) in [5.74, 6) is -0.279. The molecule has 0 radical (unpaired) electrons. The molecule has 2 rings (SSSR count). The summed E-state index contributed by atoms with van der Waals surface area (Å²) in [4.78, 5) is 24.0. The molecule has 1 aromatic carbocycles. The number of hydrogen-bond donors (Lipinski definition) is 1. The van der Waals surface area contributed by atoms with E-state index in [1.807, 2.05) is 12.1 Å². The summed E-state index contributed by atoms with van der Waals surface area (Å²) in [7, 11) is 0. The molecular formula is C13H13Br2NO4. The summed E-state index contributed by atoms with van der Waals surface area (Å²) in [5.41, 5.74) is 0. The summed E-state index contributed by atoms with van der Waals surface area (Å²) < 4.78 is 7.14. The van der Waals surface area contributed by atoms with Gasteiger partial charge in [0.25, 0.3) is 5.91 Å². The van der Waals surface area contributed by atoms with Crippen LogP contribution >= 0.6 is 31.9 Å². The molecule has 1 aliphatic heterocycles. The van der Waals surface area contributed by atoms with E-state index >= 15 is 0 Å². The van der Waals surface area contributed by atoms with Crippen molar-refractivity contribution in [1.29, 1.82) is 0 Å². The average molecular weight is 407 g/mol. The molecule has 1 aromatic rings. The second-order valence-electron chi connectivity index (χ2n) is 4.63. The third-order valence-electron chi connectivity index (χ3n) is 3.02. The average Bonchev–Trinajstić information content (AvgIpc) is 2.31. The molecule has 0 atom stereocenters. The van der Waals surface area contributed by atoms with E-state index < -0.39 is 5.97 Å². The van der Waals surface area contributed by atoms with Crippen molar-refractivity contribution in [2.45, 2.75) is 6.42 Å². The molecule has 0 unspecified atom stereocenters. The van der Waals surface area contributed by atoms with Gasteiger partial charge in [0.05, 0.1) is 10.9 Å². The Morgan fingerprint density at radius 1 is 1.35 bits per heavy atom. The van der Waals surface area contributed by atoms with Crippen LogP contribution in [0, 0.1) is 5.92 Å². The van der Waals surface area contributed by atoms with E-state index in [1.165, 1.54) is 0 Å². The van der Waals surface area contributed by atoms with Crippen LogP contribution in [0.4, 0.5) is 0 Å². The predicted molar refractivity (Wildman–Crippen MR) is 79.7 cm³/mol. The summed E-state index contributed by atoms with van der Waals surface area (Å²) in [6.45, 7) is 0.950. The lowest BCUT2D eigenvalue weighted by molar-refractivity contribution is -0.146. The third-order valence-corrected chi connectivity index (χ3v) is 4.13. The van der Waals surface area contributed by atoms with Gasteiger partial charge in [0.2, 0.25) is 0 Å². The lowest BCUT2D eigenvalue weighted by Gasteiger charge is -2.38. The highest BCUT2D eigenvalue weighted by atomic mass is 79.9. The van der Waals surface area contributed by atoms with Gasteiger partial charge in [0.15, 0.2) is 6.61 Å². The molecule has 0 aromatic heterocycles. The van der Waals surface area contributed by atoms with Gasteiger partial charge in [-0.1, -0.05) is 15.9 Å². The predicted octanol–water partition coefficient (Wildman–Crippen LogP) is 2.52. The van der Waals surface area contributed by atoms with Gasteiger partial charge in [-0.05, 0) is 34.1 Å². The quantitative estimate of drug-likeness (QED) is 0.815. The molecule has 1 heterocycles. The minimum Gasteiger partial charge on any atom is -0.483 e. The number of aliphatic carboxylic acids is 1. The van der Waals surface area contributed by atoms with Crippen molar-refractivity contribution in [3.05, 3.63) is 27.1 Å². The van der Waals surface area contributed by atoms with Crippen LogP contribution in [0.25, 0.3) is 0 Å². The minimum absolute atomic E-state index is 0.0416. The first-order chi connectivity index (χ1) is 9.45. The number of nitrogens with zero attached hydrogens (tertiary/aromatic N) is 1. The summed E-state index contributed by atoms with van der Waals surface area (Å²) in [6, 6.07) is 5.44. The number of carbonyl (C=O) groups excluding carboxylic acids is 1. The van der Waals surface area contributed by atoms with E-state index in [0.29, 0.717) is 18.8 Å². The fourth-order valence-corrected chi connectivity index (χ4v) is 3.13. The smallest absolute Gasteiger partial charge is 0.303 e. The number of carboxylic acid groups (broad SMARTS) is 1. The second-order valence-corrected chi connectivity index (χ2v) is 6.40. The van der Waals surface area contributed by atoms with Gasteiger partial charge in [0.1, 0.15) is 5.75 Å². The molecule has 1 aliphatic rings. The molecule has 1 amide bonds. The highest BCUT2D eigenvalue weighted by Crippen LogP contribution is 2.28. The zero-order valence-corrected chi connectivity index (χ0v) is 13.7. The monoisotopic (exact) mass is 405 g/mol. The van der Waals surface area contributed by atoms with Crippen molar-refractivity contribution in [3.63, 3.8) is 0 Å². The van der Waals surface area contributed by atoms with E-state index in [9.17, 15) is 9.59 Å². The number of rotatable bonds is 5. The third kappa shape index (κ3) is 3.96. The molecule has 5 nitrogen and oxygen atoms in total. The molecule has 1 fully saturated rings. The van der Waals surface area contributed by atoms with Crippen molar-refractivity contribution in [3.8, 4) is 5.75 Å². The maximum Gasteiger partial charge on any atom is 0.303 e. The van der Waals surface area contributed by atoms with E-state index in [0.717, 1.165) is 8.95 Å². The largest absolute Gasteiger partial charge is 0.483 e. The first kappa shape index (κ1) is 15.3. The first-order valence-electron chi connectivity index (χ1n) is 6.03. The lowest BCUT2D eigenvalue weighted by atomic mass is 9.96. The number of carbonyl (C=O) groups is 2. The number of hydrogen-bond acceptors (Lipinski definition) is 3. The fraction of sp³-hybridized carbons (Fsp3) is 0.385. The maximum absolute atomic E-state index is 11.8. The number of amides is 1. The summed E-state index contributed by atoms with van der Waals surface area (Å²) in [6.07, 6.45) is 0.114. The minimum atomic E-state index is -0.822. The molecule has 0 saturated carbocycles. The van der Waals surface area contributed by atoms with Crippen molar-refractivity contribution in [1.82, 2.24) is 4.90 Å². The van der Waals surface area contributed by atoms with Crippen LogP contribution in [0.5, 0.6) is 5.75 Å². The zero-order valence-electron chi connectivity index (χ0n) is 10.5.